The monoisotopic (exact) mass is 310 g/mol. The molecule has 6 heteroatoms. The molecule has 2 heterocycles. The zero-order chi connectivity index (χ0) is 14.7. The molecule has 0 spiro atoms. The Labute approximate surface area is 128 Å². The maximum absolute atomic E-state index is 13.0. The number of hydrogen-bond acceptors (Lipinski definition) is 4. The lowest BCUT2D eigenvalue weighted by molar-refractivity contribution is -0.128. The fourth-order valence-electron chi connectivity index (χ4n) is 2.67. The smallest absolute Gasteiger partial charge is 0.233 e. The first-order chi connectivity index (χ1) is 10.2. The molecule has 0 aromatic heterocycles. The van der Waals surface area contributed by atoms with Crippen molar-refractivity contribution in [1.29, 1.82) is 0 Å². The number of thioether (sulfide) groups is 1. The molecule has 114 valence electrons. The van der Waals surface area contributed by atoms with Crippen molar-refractivity contribution in [3.05, 3.63) is 35.6 Å². The van der Waals surface area contributed by atoms with Crippen LogP contribution in [0.2, 0.25) is 0 Å². The van der Waals surface area contributed by atoms with E-state index < -0.39 is 0 Å². The van der Waals surface area contributed by atoms with E-state index in [1.54, 1.807) is 23.9 Å². The topological polar surface area (TPSA) is 32.8 Å². The van der Waals surface area contributed by atoms with Gasteiger partial charge in [0.05, 0.1) is 19.0 Å². The van der Waals surface area contributed by atoms with E-state index in [-0.39, 0.29) is 17.1 Å². The molecular formula is C15H19FN2O2S. The van der Waals surface area contributed by atoms with E-state index in [9.17, 15) is 9.18 Å². The Balaban J connectivity index is 1.63. The first kappa shape index (κ1) is 14.8. The van der Waals surface area contributed by atoms with E-state index >= 15 is 0 Å². The van der Waals surface area contributed by atoms with Gasteiger partial charge in [-0.3, -0.25) is 9.69 Å². The summed E-state index contributed by atoms with van der Waals surface area (Å²) in [6, 6.07) is 6.46. The Kier molecular flexibility index (Phi) is 4.77. The van der Waals surface area contributed by atoms with E-state index in [0.29, 0.717) is 12.3 Å². The Bertz CT molecular complexity index is 491. The summed E-state index contributed by atoms with van der Waals surface area (Å²) in [5, 5.41) is 0.0131. The van der Waals surface area contributed by atoms with Gasteiger partial charge in [-0.1, -0.05) is 12.1 Å². The molecule has 0 radical (unpaired) electrons. The van der Waals surface area contributed by atoms with Gasteiger partial charge in [-0.2, -0.15) is 0 Å². The van der Waals surface area contributed by atoms with Crippen LogP contribution in [0.25, 0.3) is 0 Å². The number of benzene rings is 1. The summed E-state index contributed by atoms with van der Waals surface area (Å²) in [6.07, 6.45) is 0. The molecule has 3 rings (SSSR count). The Morgan fingerprint density at radius 2 is 1.90 bits per heavy atom. The number of carbonyl (C=O) groups is 1. The third-order valence-corrected chi connectivity index (χ3v) is 5.14. The Morgan fingerprint density at radius 3 is 2.62 bits per heavy atom. The molecule has 21 heavy (non-hydrogen) atoms. The van der Waals surface area contributed by atoms with Crippen molar-refractivity contribution in [3.63, 3.8) is 0 Å². The maximum Gasteiger partial charge on any atom is 0.233 e. The molecule has 4 nitrogen and oxygen atoms in total. The molecule has 0 unspecified atom stereocenters. The predicted octanol–water partition coefficient (Wildman–Crippen LogP) is 1.73. The number of amides is 1. The molecule has 2 aliphatic heterocycles. The van der Waals surface area contributed by atoms with Crippen molar-refractivity contribution in [2.45, 2.75) is 5.37 Å². The Morgan fingerprint density at radius 1 is 1.19 bits per heavy atom. The molecular weight excluding hydrogens is 291 g/mol. The summed E-state index contributed by atoms with van der Waals surface area (Å²) in [5.74, 6) is 0.432. The van der Waals surface area contributed by atoms with E-state index in [1.165, 1.54) is 12.1 Å². The molecule has 2 saturated heterocycles. The zero-order valence-corrected chi connectivity index (χ0v) is 12.7. The van der Waals surface area contributed by atoms with Crippen molar-refractivity contribution >= 4 is 17.7 Å². The minimum atomic E-state index is -0.243. The average Bonchev–Trinajstić information content (AvgIpc) is 2.88. The van der Waals surface area contributed by atoms with Gasteiger partial charge in [-0.05, 0) is 17.7 Å². The van der Waals surface area contributed by atoms with E-state index in [2.05, 4.69) is 4.90 Å². The maximum atomic E-state index is 13.0. The Hall–Kier alpha value is -1.11. The van der Waals surface area contributed by atoms with Crippen molar-refractivity contribution in [2.24, 2.45) is 0 Å². The third-order valence-electron chi connectivity index (χ3n) is 3.88. The minimum Gasteiger partial charge on any atom is -0.379 e. The van der Waals surface area contributed by atoms with Gasteiger partial charge >= 0.3 is 0 Å². The molecule has 0 saturated carbocycles. The molecule has 1 atom stereocenters. The van der Waals surface area contributed by atoms with Gasteiger partial charge < -0.3 is 9.64 Å². The van der Waals surface area contributed by atoms with Crippen molar-refractivity contribution in [3.8, 4) is 0 Å². The highest BCUT2D eigenvalue weighted by Crippen LogP contribution is 2.38. The summed E-state index contributed by atoms with van der Waals surface area (Å²) in [5.41, 5.74) is 0.995. The van der Waals surface area contributed by atoms with Crippen LogP contribution in [0.1, 0.15) is 10.9 Å². The SMILES string of the molecule is O=C1CS[C@H](c2ccc(F)cc2)N1CCN1CCOCC1. The molecule has 2 aliphatic rings. The number of morpholine rings is 1. The first-order valence-corrected chi connectivity index (χ1v) is 8.25. The molecule has 1 aromatic rings. The van der Waals surface area contributed by atoms with Crippen LogP contribution in [0.4, 0.5) is 4.39 Å². The highest BCUT2D eigenvalue weighted by Gasteiger charge is 2.32. The van der Waals surface area contributed by atoms with Gasteiger partial charge in [-0.25, -0.2) is 4.39 Å². The summed E-state index contributed by atoms with van der Waals surface area (Å²) >= 11 is 1.61. The number of halogens is 1. The van der Waals surface area contributed by atoms with Gasteiger partial charge in [-0.15, -0.1) is 11.8 Å². The minimum absolute atomic E-state index is 0.0131. The molecule has 0 N–H and O–H groups in total. The highest BCUT2D eigenvalue weighted by molar-refractivity contribution is 8.00. The molecule has 0 bridgehead atoms. The van der Waals surface area contributed by atoms with E-state index in [1.807, 2.05) is 4.90 Å². The van der Waals surface area contributed by atoms with Crippen LogP contribution in [0, 0.1) is 5.82 Å². The van der Waals surface area contributed by atoms with Crippen LogP contribution in [-0.2, 0) is 9.53 Å². The number of rotatable bonds is 4. The lowest BCUT2D eigenvalue weighted by Crippen LogP contribution is -2.42. The van der Waals surface area contributed by atoms with Gasteiger partial charge in [0.25, 0.3) is 0 Å². The predicted molar refractivity (Wildman–Crippen MR) is 80.6 cm³/mol. The fourth-order valence-corrected chi connectivity index (χ4v) is 3.89. The largest absolute Gasteiger partial charge is 0.379 e. The number of carbonyl (C=O) groups excluding carboxylic acids is 1. The summed E-state index contributed by atoms with van der Waals surface area (Å²) < 4.78 is 18.4. The first-order valence-electron chi connectivity index (χ1n) is 7.21. The van der Waals surface area contributed by atoms with Crippen molar-refractivity contribution in [2.75, 3.05) is 45.1 Å². The normalized spacial score (nSPS) is 23.8. The van der Waals surface area contributed by atoms with Gasteiger partial charge in [0.2, 0.25) is 5.91 Å². The van der Waals surface area contributed by atoms with E-state index in [4.69, 9.17) is 4.74 Å². The van der Waals surface area contributed by atoms with Crippen molar-refractivity contribution < 1.29 is 13.9 Å². The summed E-state index contributed by atoms with van der Waals surface area (Å²) in [4.78, 5) is 16.3. The van der Waals surface area contributed by atoms with Crippen LogP contribution >= 0.6 is 11.8 Å². The van der Waals surface area contributed by atoms with Crippen molar-refractivity contribution in [1.82, 2.24) is 9.80 Å². The standard InChI is InChI=1S/C15H19FN2O2S/c16-13-3-1-12(2-4-13)15-18(14(19)11-21-15)6-5-17-7-9-20-10-8-17/h1-4,15H,5-11H2/t15-/m1/s1. The van der Waals surface area contributed by atoms with Crippen LogP contribution in [0.5, 0.6) is 0 Å². The van der Waals surface area contributed by atoms with Gasteiger partial charge in [0, 0.05) is 26.2 Å². The molecule has 0 aliphatic carbocycles. The molecule has 1 amide bonds. The fraction of sp³-hybridized carbons (Fsp3) is 0.533. The quantitative estimate of drug-likeness (QED) is 0.848. The highest BCUT2D eigenvalue weighted by atomic mass is 32.2. The number of hydrogen-bond donors (Lipinski definition) is 0. The summed E-state index contributed by atoms with van der Waals surface area (Å²) in [6.45, 7) is 4.97. The lowest BCUT2D eigenvalue weighted by atomic mass is 10.2. The molecule has 2 fully saturated rings. The summed E-state index contributed by atoms with van der Waals surface area (Å²) in [7, 11) is 0. The van der Waals surface area contributed by atoms with E-state index in [0.717, 1.165) is 38.4 Å². The molecule has 1 aromatic carbocycles. The van der Waals surface area contributed by atoms with Crippen LogP contribution in [0.15, 0.2) is 24.3 Å². The van der Waals surface area contributed by atoms with Gasteiger partial charge in [0.1, 0.15) is 11.2 Å². The average molecular weight is 310 g/mol. The lowest BCUT2D eigenvalue weighted by Gasteiger charge is -2.30. The third kappa shape index (κ3) is 3.56. The second-order valence-electron chi connectivity index (χ2n) is 5.26. The second kappa shape index (κ2) is 6.77. The number of nitrogens with zero attached hydrogens (tertiary/aromatic N) is 2. The second-order valence-corrected chi connectivity index (χ2v) is 6.32. The van der Waals surface area contributed by atoms with Crippen LogP contribution in [0.3, 0.4) is 0 Å². The zero-order valence-electron chi connectivity index (χ0n) is 11.8. The van der Waals surface area contributed by atoms with Crippen LogP contribution < -0.4 is 0 Å². The van der Waals surface area contributed by atoms with Gasteiger partial charge in [0.15, 0.2) is 0 Å². The number of ether oxygens (including phenoxy) is 1. The van der Waals surface area contributed by atoms with Crippen LogP contribution in [-0.4, -0.2) is 60.9 Å².